The number of aromatic nitrogens is 4. The van der Waals surface area contributed by atoms with Crippen LogP contribution < -0.4 is 15.4 Å². The predicted octanol–water partition coefficient (Wildman–Crippen LogP) is 7.99. The van der Waals surface area contributed by atoms with Gasteiger partial charge in [0.2, 0.25) is 11.8 Å². The number of amides is 4. The van der Waals surface area contributed by atoms with Crippen LogP contribution in [0.5, 0.6) is 5.75 Å². The number of imidazole rings is 2. The Kier molecular flexibility index (Phi) is 11.4. The second-order valence-corrected chi connectivity index (χ2v) is 20.7. The summed E-state index contributed by atoms with van der Waals surface area (Å²) in [6.07, 6.45) is 6.12. The van der Waals surface area contributed by atoms with E-state index in [-0.39, 0.29) is 66.1 Å². The lowest BCUT2D eigenvalue weighted by Gasteiger charge is -2.45. The van der Waals surface area contributed by atoms with Gasteiger partial charge in [-0.25, -0.2) is 19.6 Å². The van der Waals surface area contributed by atoms with Gasteiger partial charge >= 0.3 is 12.2 Å². The zero-order chi connectivity index (χ0) is 48.0. The summed E-state index contributed by atoms with van der Waals surface area (Å²) in [5.74, 6) is 1.74. The van der Waals surface area contributed by atoms with Gasteiger partial charge in [-0.3, -0.25) is 9.59 Å². The number of hydrogen-bond donors (Lipinski definition) is 4. The van der Waals surface area contributed by atoms with Crippen LogP contribution in [0.15, 0.2) is 48.7 Å². The molecule has 0 saturated carbocycles. The van der Waals surface area contributed by atoms with E-state index in [1.54, 1.807) is 0 Å². The number of aromatic amines is 2. The van der Waals surface area contributed by atoms with Crippen LogP contribution in [0, 0.1) is 11.8 Å². The molecule has 11 rings (SSSR count). The molecule has 2 unspecified atom stereocenters. The van der Waals surface area contributed by atoms with Crippen molar-refractivity contribution in [2.24, 2.45) is 11.8 Å². The summed E-state index contributed by atoms with van der Waals surface area (Å²) in [6.45, 7) is 10.6. The number of ether oxygens (including phenoxy) is 5. The van der Waals surface area contributed by atoms with E-state index in [0.29, 0.717) is 50.4 Å². The predicted molar refractivity (Wildman–Crippen MR) is 255 cm³/mol. The van der Waals surface area contributed by atoms with E-state index < -0.39 is 29.9 Å². The van der Waals surface area contributed by atoms with E-state index in [9.17, 15) is 19.2 Å². The number of alkyl carbamates (subject to hydrolysis) is 2. The standard InChI is InChI=1S/C52H62N8O9/c1-25-8-13-39(59(25)48(61)43(57-50(63)65-6)31-16-26(2)68-27(3)17-31)46-53-23-38(55-46)30-9-11-34-33(19-30)24-67-41-21-35-29(20-36(34)41)10-12-37-45(35)56-47(54-37)40-14-15-42-52(5)22-32(18-28(4)69-52)44(49(62)60(40)42)58-51(64)66-7/h9-12,19-21,23,25-28,31-32,39-40,42-44H,8,13-18,22,24H2,1-7H3,(H,53,55)(H,54,56)(H,57,63)(H,58,64)/t25-,26+,27+,28+,32?,39-,40-,42+,43?,44-,52+/m0/s1. The summed E-state index contributed by atoms with van der Waals surface area (Å²) in [5.41, 5.74) is 6.00. The van der Waals surface area contributed by atoms with Gasteiger partial charge in [0, 0.05) is 17.0 Å². The summed E-state index contributed by atoms with van der Waals surface area (Å²) < 4.78 is 29.1. The zero-order valence-electron chi connectivity index (χ0n) is 40.3. The Balaban J connectivity index is 0.852. The highest BCUT2D eigenvalue weighted by Crippen LogP contribution is 2.51. The fourth-order valence-electron chi connectivity index (χ4n) is 13.1. The first-order valence-corrected chi connectivity index (χ1v) is 24.6. The van der Waals surface area contributed by atoms with Gasteiger partial charge in [0.25, 0.3) is 0 Å². The minimum atomic E-state index is -0.750. The summed E-state index contributed by atoms with van der Waals surface area (Å²) in [6, 6.07) is 12.4. The highest BCUT2D eigenvalue weighted by atomic mass is 16.5. The van der Waals surface area contributed by atoms with Crippen molar-refractivity contribution < 1.29 is 42.9 Å². The minimum absolute atomic E-state index is 0.0330. The number of carbonyl (C=O) groups is 4. The quantitative estimate of drug-likeness (QED) is 0.123. The average Bonchev–Trinajstić information content (AvgIpc) is 4.16. The SMILES string of the molecule is COC(=O)NC(C(=O)N1[C@@H](C)CC[C@H]1c1ncc(-c2ccc3c(c2)COc2cc4c(ccc5nc([C@@H]6CC[C@H]7N6C(=O)[C@@H](NC(=O)OC)C6C[C@@H](C)O[C@]7(C)C6)[nH]c54)cc2-3)[nH]1)C1C[C@@H](C)O[C@H](C)C1. The smallest absolute Gasteiger partial charge is 0.407 e. The zero-order valence-corrected chi connectivity index (χ0v) is 40.3. The number of hydrogen-bond acceptors (Lipinski definition) is 11. The van der Waals surface area contributed by atoms with E-state index in [1.807, 2.05) is 42.8 Å². The van der Waals surface area contributed by atoms with Crippen molar-refractivity contribution in [3.63, 3.8) is 0 Å². The van der Waals surface area contributed by atoms with Crippen molar-refractivity contribution in [1.29, 1.82) is 0 Å². The lowest BCUT2D eigenvalue weighted by atomic mass is 9.78. The molecule has 3 aromatic carbocycles. The second kappa shape index (κ2) is 17.3. The minimum Gasteiger partial charge on any atom is -0.488 e. The van der Waals surface area contributed by atoms with Gasteiger partial charge in [-0.05, 0) is 144 Å². The van der Waals surface area contributed by atoms with Gasteiger partial charge in [-0.15, -0.1) is 0 Å². The normalized spacial score (nSPS) is 31.0. The van der Waals surface area contributed by atoms with Gasteiger partial charge in [0.05, 0.1) is 79.2 Å². The Morgan fingerprint density at radius 2 is 1.65 bits per heavy atom. The highest BCUT2D eigenvalue weighted by molar-refractivity contribution is 6.07. The van der Waals surface area contributed by atoms with E-state index in [2.05, 4.69) is 70.8 Å². The van der Waals surface area contributed by atoms with Crippen LogP contribution in [-0.4, -0.2) is 116 Å². The van der Waals surface area contributed by atoms with Crippen molar-refractivity contribution in [3.05, 3.63) is 65.9 Å². The van der Waals surface area contributed by atoms with Gasteiger partial charge in [0.1, 0.15) is 36.1 Å². The summed E-state index contributed by atoms with van der Waals surface area (Å²) >= 11 is 0. The van der Waals surface area contributed by atoms with Crippen molar-refractivity contribution >= 4 is 45.8 Å². The fraction of sp³-hybridized carbons (Fsp3) is 0.538. The number of nitrogens with one attached hydrogen (secondary N) is 4. The Morgan fingerprint density at radius 3 is 2.43 bits per heavy atom. The number of fused-ring (bicyclic) bond motifs is 10. The molecule has 5 aromatic rings. The van der Waals surface area contributed by atoms with Crippen LogP contribution in [0.25, 0.3) is 44.2 Å². The lowest BCUT2D eigenvalue weighted by molar-refractivity contribution is -0.156. The van der Waals surface area contributed by atoms with E-state index in [4.69, 9.17) is 33.7 Å². The van der Waals surface area contributed by atoms with Gasteiger partial charge in [-0.1, -0.05) is 18.2 Å². The van der Waals surface area contributed by atoms with Crippen LogP contribution >= 0.6 is 0 Å². The molecular weight excluding hydrogens is 881 g/mol. The molecule has 69 heavy (non-hydrogen) atoms. The Hall–Kier alpha value is -6.20. The van der Waals surface area contributed by atoms with E-state index in [1.165, 1.54) is 14.2 Å². The first-order valence-electron chi connectivity index (χ1n) is 24.6. The molecule has 8 heterocycles. The third-order valence-corrected chi connectivity index (χ3v) is 16.1. The first-order chi connectivity index (χ1) is 33.2. The Morgan fingerprint density at radius 1 is 0.870 bits per heavy atom. The van der Waals surface area contributed by atoms with Crippen molar-refractivity contribution in [1.82, 2.24) is 40.4 Å². The average molecular weight is 943 g/mol. The maximum Gasteiger partial charge on any atom is 0.407 e. The molecule has 2 aromatic heterocycles. The molecule has 6 aliphatic rings. The molecule has 364 valence electrons. The monoisotopic (exact) mass is 942 g/mol. The van der Waals surface area contributed by atoms with Gasteiger partial charge in [-0.2, -0.15) is 0 Å². The largest absolute Gasteiger partial charge is 0.488 e. The molecular formula is C52H62N8O9. The number of likely N-dealkylation sites (tertiary alicyclic amines) is 1. The van der Waals surface area contributed by atoms with Crippen molar-refractivity contribution in [3.8, 4) is 28.1 Å². The number of H-pyrrole nitrogens is 2. The molecule has 5 fully saturated rings. The lowest BCUT2D eigenvalue weighted by Crippen LogP contribution is -2.55. The molecule has 0 aliphatic carbocycles. The molecule has 0 radical (unpaired) electrons. The molecule has 17 nitrogen and oxygen atoms in total. The van der Waals surface area contributed by atoms with Crippen LogP contribution in [0.2, 0.25) is 0 Å². The van der Waals surface area contributed by atoms with E-state index in [0.717, 1.165) is 74.8 Å². The topological polar surface area (TPSA) is 202 Å². The molecule has 0 spiro atoms. The van der Waals surface area contributed by atoms with Gasteiger partial charge < -0.3 is 54.1 Å². The molecule has 11 atom stereocenters. The van der Waals surface area contributed by atoms with Gasteiger partial charge in [0.15, 0.2) is 0 Å². The maximum absolute atomic E-state index is 14.6. The summed E-state index contributed by atoms with van der Waals surface area (Å²) in [5, 5.41) is 7.76. The number of methoxy groups -OCH3 is 2. The fourth-order valence-corrected chi connectivity index (χ4v) is 13.1. The molecule has 4 amide bonds. The Labute approximate surface area is 400 Å². The number of nitrogens with zero attached hydrogens (tertiary/aromatic N) is 4. The maximum atomic E-state index is 14.6. The van der Waals surface area contributed by atoms with Crippen molar-refractivity contribution in [2.75, 3.05) is 14.2 Å². The number of carbonyl (C=O) groups excluding carboxylic acids is 4. The van der Waals surface area contributed by atoms with Crippen LogP contribution in [-0.2, 0) is 35.1 Å². The third kappa shape index (κ3) is 7.85. The Bertz CT molecular complexity index is 2850. The van der Waals surface area contributed by atoms with Crippen molar-refractivity contribution in [2.45, 2.75) is 153 Å². The van der Waals surface area contributed by atoms with Crippen LogP contribution in [0.3, 0.4) is 0 Å². The van der Waals surface area contributed by atoms with E-state index >= 15 is 0 Å². The second-order valence-electron chi connectivity index (χ2n) is 20.7. The third-order valence-electron chi connectivity index (χ3n) is 16.1. The summed E-state index contributed by atoms with van der Waals surface area (Å²) in [7, 11) is 2.64. The van der Waals surface area contributed by atoms with Crippen LogP contribution in [0.1, 0.15) is 115 Å². The summed E-state index contributed by atoms with van der Waals surface area (Å²) in [4.78, 5) is 75.3. The molecule has 6 aliphatic heterocycles. The molecule has 2 bridgehead atoms. The first kappa shape index (κ1) is 45.3. The molecule has 5 saturated heterocycles. The molecule has 4 N–H and O–H groups in total. The highest BCUT2D eigenvalue weighted by Gasteiger charge is 2.58. The van der Waals surface area contributed by atoms with Crippen LogP contribution in [0.4, 0.5) is 9.59 Å². The number of benzene rings is 3. The molecule has 17 heteroatoms. The number of rotatable bonds is 7.